The minimum atomic E-state index is -3.55. The third kappa shape index (κ3) is 2.84. The van der Waals surface area contributed by atoms with E-state index in [-0.39, 0.29) is 10.8 Å². The summed E-state index contributed by atoms with van der Waals surface area (Å²) in [5, 5.41) is 16.3. The number of rotatable bonds is 5. The van der Waals surface area contributed by atoms with Crippen LogP contribution in [0.15, 0.2) is 51.4 Å². The Labute approximate surface area is 145 Å². The molecule has 0 spiro atoms. The van der Waals surface area contributed by atoms with Gasteiger partial charge >= 0.3 is 0 Å². The van der Waals surface area contributed by atoms with Crippen LogP contribution in [0.1, 0.15) is 5.82 Å². The number of aromatic nitrogens is 4. The topological polar surface area (TPSA) is 89.2 Å². The van der Waals surface area contributed by atoms with Crippen molar-refractivity contribution in [1.29, 1.82) is 0 Å². The van der Waals surface area contributed by atoms with Gasteiger partial charge in [0.05, 0.1) is 11.4 Å². The largest absolute Gasteiger partial charge is 0.250 e. The molecule has 24 heavy (non-hydrogen) atoms. The van der Waals surface area contributed by atoms with Gasteiger partial charge in [-0.05, 0) is 35.0 Å². The van der Waals surface area contributed by atoms with Gasteiger partial charge in [0.1, 0.15) is 9.90 Å². The number of nitrogens with one attached hydrogen (secondary N) is 1. The summed E-state index contributed by atoms with van der Waals surface area (Å²) in [6.07, 6.45) is 0. The molecule has 122 valence electrons. The van der Waals surface area contributed by atoms with Crippen LogP contribution in [0, 0.1) is 0 Å². The van der Waals surface area contributed by atoms with Crippen LogP contribution in [0.2, 0.25) is 0 Å². The molecular formula is C14H11N5O2S3. The summed E-state index contributed by atoms with van der Waals surface area (Å²) >= 11 is 2.75. The molecule has 0 aliphatic carbocycles. The van der Waals surface area contributed by atoms with Crippen molar-refractivity contribution >= 4 is 38.3 Å². The summed E-state index contributed by atoms with van der Waals surface area (Å²) in [6.45, 7) is 0.0162. The first kappa shape index (κ1) is 15.4. The lowest BCUT2D eigenvalue weighted by Gasteiger charge is -2.04. The highest BCUT2D eigenvalue weighted by Gasteiger charge is 2.17. The first-order chi connectivity index (χ1) is 11.6. The van der Waals surface area contributed by atoms with E-state index in [0.29, 0.717) is 11.5 Å². The zero-order valence-electron chi connectivity index (χ0n) is 12.2. The molecule has 0 unspecified atom stereocenters. The maximum absolute atomic E-state index is 12.2. The van der Waals surface area contributed by atoms with Gasteiger partial charge in [0.2, 0.25) is 10.0 Å². The normalized spacial score (nSPS) is 12.0. The fraction of sp³-hybridized carbons (Fsp3) is 0.0714. The van der Waals surface area contributed by atoms with E-state index in [9.17, 15) is 8.42 Å². The smallest absolute Gasteiger partial charge is 0.206 e. The van der Waals surface area contributed by atoms with Gasteiger partial charge in [-0.1, -0.05) is 12.1 Å². The van der Waals surface area contributed by atoms with Crippen molar-refractivity contribution in [3.8, 4) is 10.6 Å². The molecule has 0 atom stereocenters. The van der Waals surface area contributed by atoms with Crippen LogP contribution in [-0.2, 0) is 16.6 Å². The maximum atomic E-state index is 12.2. The average molecular weight is 377 g/mol. The molecule has 0 aliphatic heterocycles. The summed E-state index contributed by atoms with van der Waals surface area (Å²) in [6, 6.07) is 10.9. The van der Waals surface area contributed by atoms with E-state index >= 15 is 0 Å². The van der Waals surface area contributed by atoms with E-state index < -0.39 is 10.0 Å². The lowest BCUT2D eigenvalue weighted by molar-refractivity contribution is 0.580. The predicted molar refractivity (Wildman–Crippen MR) is 92.4 cm³/mol. The van der Waals surface area contributed by atoms with Crippen molar-refractivity contribution in [3.05, 3.63) is 53.0 Å². The van der Waals surface area contributed by atoms with E-state index in [2.05, 4.69) is 20.0 Å². The van der Waals surface area contributed by atoms with E-state index in [4.69, 9.17) is 0 Å². The molecule has 0 radical (unpaired) electrons. The van der Waals surface area contributed by atoms with Crippen LogP contribution < -0.4 is 4.72 Å². The number of hydrogen-bond donors (Lipinski definition) is 1. The summed E-state index contributed by atoms with van der Waals surface area (Å²) < 4.78 is 28.8. The molecule has 4 aromatic rings. The van der Waals surface area contributed by atoms with Gasteiger partial charge in [0, 0.05) is 0 Å². The van der Waals surface area contributed by atoms with Gasteiger partial charge in [0.15, 0.2) is 11.5 Å². The molecule has 4 aromatic heterocycles. The zero-order valence-corrected chi connectivity index (χ0v) is 14.6. The highest BCUT2D eigenvalue weighted by molar-refractivity contribution is 7.91. The Morgan fingerprint density at radius 2 is 1.88 bits per heavy atom. The number of sulfonamides is 1. The van der Waals surface area contributed by atoms with Gasteiger partial charge in [-0.15, -0.1) is 32.9 Å². The predicted octanol–water partition coefficient (Wildman–Crippen LogP) is 2.39. The molecule has 0 saturated heterocycles. The number of nitrogens with zero attached hydrogens (tertiary/aromatic N) is 4. The second kappa shape index (κ2) is 6.06. The molecule has 0 bridgehead atoms. The molecule has 0 aliphatic rings. The Balaban J connectivity index is 1.64. The van der Waals surface area contributed by atoms with Crippen LogP contribution >= 0.6 is 22.7 Å². The van der Waals surface area contributed by atoms with Gasteiger partial charge in [0.25, 0.3) is 0 Å². The van der Waals surface area contributed by atoms with E-state index in [0.717, 1.165) is 21.9 Å². The van der Waals surface area contributed by atoms with Gasteiger partial charge in [-0.25, -0.2) is 13.1 Å². The molecule has 0 saturated carbocycles. The quantitative estimate of drug-likeness (QED) is 0.577. The van der Waals surface area contributed by atoms with E-state index in [1.54, 1.807) is 33.4 Å². The summed E-state index contributed by atoms with van der Waals surface area (Å²) in [7, 11) is -3.55. The Kier molecular flexibility index (Phi) is 3.88. The van der Waals surface area contributed by atoms with Crippen LogP contribution in [-0.4, -0.2) is 28.2 Å². The minimum Gasteiger partial charge on any atom is -0.206 e. The summed E-state index contributed by atoms with van der Waals surface area (Å²) in [5.41, 5.74) is 1.36. The zero-order chi connectivity index (χ0) is 16.6. The van der Waals surface area contributed by atoms with Crippen molar-refractivity contribution in [2.45, 2.75) is 10.8 Å². The molecule has 0 fully saturated rings. The van der Waals surface area contributed by atoms with Gasteiger partial charge in [-0.2, -0.15) is 9.61 Å². The second-order valence-corrected chi connectivity index (χ2v) is 8.73. The number of fused-ring (bicyclic) bond motifs is 1. The molecule has 1 N–H and O–H groups in total. The minimum absolute atomic E-state index is 0.0162. The van der Waals surface area contributed by atoms with Crippen LogP contribution in [0.25, 0.3) is 16.2 Å². The fourth-order valence-corrected chi connectivity index (χ4v) is 4.85. The first-order valence-electron chi connectivity index (χ1n) is 6.92. The van der Waals surface area contributed by atoms with Crippen molar-refractivity contribution < 1.29 is 8.42 Å². The highest BCUT2D eigenvalue weighted by atomic mass is 32.2. The van der Waals surface area contributed by atoms with Crippen molar-refractivity contribution in [1.82, 2.24) is 24.5 Å². The summed E-state index contributed by atoms with van der Waals surface area (Å²) in [5.74, 6) is 0.434. The Morgan fingerprint density at radius 1 is 1.04 bits per heavy atom. The van der Waals surface area contributed by atoms with Crippen molar-refractivity contribution in [2.24, 2.45) is 0 Å². The molecule has 4 heterocycles. The monoisotopic (exact) mass is 377 g/mol. The second-order valence-electron chi connectivity index (χ2n) is 4.84. The van der Waals surface area contributed by atoms with Gasteiger partial charge in [-0.3, -0.25) is 0 Å². The first-order valence-corrected chi connectivity index (χ1v) is 10.2. The Morgan fingerprint density at radius 3 is 2.62 bits per heavy atom. The molecular weight excluding hydrogens is 366 g/mol. The summed E-state index contributed by atoms with van der Waals surface area (Å²) in [4.78, 5) is 1.02. The van der Waals surface area contributed by atoms with Crippen LogP contribution in [0.3, 0.4) is 0 Å². The third-order valence-electron chi connectivity index (χ3n) is 3.28. The lowest BCUT2D eigenvalue weighted by atomic mass is 10.3. The van der Waals surface area contributed by atoms with Gasteiger partial charge < -0.3 is 0 Å². The van der Waals surface area contributed by atoms with E-state index in [1.165, 1.54) is 0 Å². The number of hydrogen-bond acceptors (Lipinski definition) is 7. The third-order valence-corrected chi connectivity index (χ3v) is 6.97. The van der Waals surface area contributed by atoms with Crippen molar-refractivity contribution in [2.75, 3.05) is 0 Å². The average Bonchev–Trinajstić information content (AvgIpc) is 3.33. The lowest BCUT2D eigenvalue weighted by Crippen LogP contribution is -2.23. The fourth-order valence-electron chi connectivity index (χ4n) is 2.15. The Hall–Kier alpha value is -2.14. The molecule has 4 rings (SSSR count). The standard InChI is InChI=1S/C14H11N5O2S3/c20-24(21,14-4-2-8-23-14)15-9-13-17-16-12-6-5-10(18-19(12)13)11-3-1-7-22-11/h1-8,15H,9H2. The molecule has 0 aromatic carbocycles. The number of thiophene rings is 2. The molecule has 0 amide bonds. The molecule has 7 nitrogen and oxygen atoms in total. The van der Waals surface area contributed by atoms with E-state index in [1.807, 2.05) is 29.6 Å². The Bertz CT molecular complexity index is 1070. The van der Waals surface area contributed by atoms with Crippen LogP contribution in [0.5, 0.6) is 0 Å². The van der Waals surface area contributed by atoms with Crippen molar-refractivity contribution in [3.63, 3.8) is 0 Å². The maximum Gasteiger partial charge on any atom is 0.250 e. The molecule has 10 heteroatoms. The SMILES string of the molecule is O=S(=O)(NCc1nnc2ccc(-c3cccs3)nn12)c1cccs1. The highest BCUT2D eigenvalue weighted by Crippen LogP contribution is 2.22. The van der Waals surface area contributed by atoms with Crippen LogP contribution in [0.4, 0.5) is 0 Å².